The monoisotopic (exact) mass is 166 g/mol. The number of halogens is 1. The predicted octanol–water partition coefficient (Wildman–Crippen LogP) is 1.75. The van der Waals surface area contributed by atoms with Crippen molar-refractivity contribution < 1.29 is 0 Å². The number of nitrogens with zero attached hydrogens (tertiary/aromatic N) is 1. The minimum atomic E-state index is -0.484. The van der Waals surface area contributed by atoms with E-state index in [2.05, 4.69) is 0 Å². The van der Waals surface area contributed by atoms with Gasteiger partial charge in [0.25, 0.3) is 0 Å². The van der Waals surface area contributed by atoms with E-state index in [1.165, 1.54) is 0 Å². The van der Waals surface area contributed by atoms with Crippen LogP contribution in [0.4, 0.5) is 0 Å². The molecule has 0 saturated heterocycles. The van der Waals surface area contributed by atoms with Crippen LogP contribution in [0.5, 0.6) is 0 Å². The third-order valence-electron chi connectivity index (χ3n) is 1.36. The van der Waals surface area contributed by atoms with Crippen LogP contribution in [0.15, 0.2) is 24.3 Å². The normalized spacial score (nSPS) is 12.1. The predicted molar refractivity (Wildman–Crippen MR) is 43.9 cm³/mol. The summed E-state index contributed by atoms with van der Waals surface area (Å²) in [6.45, 7) is 0. The highest BCUT2D eigenvalue weighted by Crippen LogP contribution is 2.13. The topological polar surface area (TPSA) is 49.8 Å². The summed E-state index contributed by atoms with van der Waals surface area (Å²) in [5, 5.41) is 8.45. The van der Waals surface area contributed by atoms with E-state index >= 15 is 0 Å². The number of hydrogen-bond acceptors (Lipinski definition) is 2. The summed E-state index contributed by atoms with van der Waals surface area (Å²) in [5.74, 6) is 0. The van der Waals surface area contributed by atoms with Crippen LogP contribution in [0.25, 0.3) is 0 Å². The lowest BCUT2D eigenvalue weighted by Crippen LogP contribution is -2.01. The van der Waals surface area contributed by atoms with Crippen molar-refractivity contribution in [3.05, 3.63) is 35.4 Å². The Morgan fingerprint density at radius 1 is 1.36 bits per heavy atom. The molecule has 0 fully saturated rings. The molecule has 11 heavy (non-hydrogen) atoms. The average Bonchev–Trinajstić information content (AvgIpc) is 2.05. The van der Waals surface area contributed by atoms with Crippen molar-refractivity contribution in [1.29, 1.82) is 5.26 Å². The first kappa shape index (κ1) is 8.06. The highest BCUT2D eigenvalue weighted by atomic mass is 35.5. The molecule has 1 aromatic carbocycles. The smallest absolute Gasteiger partial charge is 0.106 e. The molecule has 0 aliphatic rings. The highest BCUT2D eigenvalue weighted by Gasteiger charge is 1.99. The van der Waals surface area contributed by atoms with Crippen molar-refractivity contribution in [1.82, 2.24) is 0 Å². The fourth-order valence-electron chi connectivity index (χ4n) is 0.742. The van der Waals surface area contributed by atoms with Gasteiger partial charge in [-0.15, -0.1) is 11.6 Å². The minimum Gasteiger partial charge on any atom is -0.312 e. The Morgan fingerprint density at radius 2 is 1.91 bits per heavy atom. The Kier molecular flexibility index (Phi) is 2.48. The number of hydrogen-bond donors (Lipinski definition) is 1. The molecule has 0 saturated carbocycles. The molecular formula is C8H7ClN2. The quantitative estimate of drug-likeness (QED) is 0.511. The number of nitrogens with two attached hydrogens (primary N) is 1. The molecule has 0 aliphatic carbocycles. The molecule has 0 aliphatic heterocycles. The molecule has 2 N–H and O–H groups in total. The molecule has 0 bridgehead atoms. The van der Waals surface area contributed by atoms with E-state index in [1.54, 1.807) is 24.3 Å². The Labute approximate surface area is 70.2 Å². The summed E-state index contributed by atoms with van der Waals surface area (Å²) in [4.78, 5) is 0. The van der Waals surface area contributed by atoms with Crippen LogP contribution in [-0.2, 0) is 0 Å². The van der Waals surface area contributed by atoms with E-state index in [9.17, 15) is 0 Å². The van der Waals surface area contributed by atoms with Gasteiger partial charge in [-0.2, -0.15) is 5.26 Å². The Bertz CT molecular complexity index is 271. The van der Waals surface area contributed by atoms with Crippen LogP contribution >= 0.6 is 11.6 Å². The van der Waals surface area contributed by atoms with Crippen molar-refractivity contribution in [2.45, 2.75) is 5.50 Å². The van der Waals surface area contributed by atoms with Gasteiger partial charge in [-0.3, -0.25) is 0 Å². The second kappa shape index (κ2) is 3.38. The molecule has 3 heteroatoms. The summed E-state index contributed by atoms with van der Waals surface area (Å²) in [6.07, 6.45) is 0. The van der Waals surface area contributed by atoms with Crippen LogP contribution in [0.3, 0.4) is 0 Å². The lowest BCUT2D eigenvalue weighted by Gasteiger charge is -2.01. The third-order valence-corrected chi connectivity index (χ3v) is 1.61. The number of rotatable bonds is 1. The van der Waals surface area contributed by atoms with Crippen LogP contribution in [0.1, 0.15) is 16.6 Å². The van der Waals surface area contributed by atoms with Crippen LogP contribution in [0, 0.1) is 11.3 Å². The Balaban J connectivity index is 2.94. The molecule has 1 rings (SSSR count). The highest BCUT2D eigenvalue weighted by molar-refractivity contribution is 6.20. The summed E-state index contributed by atoms with van der Waals surface area (Å²) in [6, 6.07) is 8.89. The zero-order valence-corrected chi connectivity index (χ0v) is 6.55. The summed E-state index contributed by atoms with van der Waals surface area (Å²) in [5.41, 5.74) is 6.35. The van der Waals surface area contributed by atoms with E-state index in [0.29, 0.717) is 5.56 Å². The van der Waals surface area contributed by atoms with Gasteiger partial charge in [0.2, 0.25) is 0 Å². The summed E-state index contributed by atoms with van der Waals surface area (Å²) >= 11 is 5.59. The molecule has 0 heterocycles. The first-order valence-electron chi connectivity index (χ1n) is 3.14. The van der Waals surface area contributed by atoms with Crippen LogP contribution in [0.2, 0.25) is 0 Å². The Hall–Kier alpha value is -1.04. The molecule has 1 aromatic rings. The first-order valence-corrected chi connectivity index (χ1v) is 3.57. The van der Waals surface area contributed by atoms with Gasteiger partial charge in [-0.1, -0.05) is 12.1 Å². The molecule has 2 nitrogen and oxygen atoms in total. The molecule has 0 spiro atoms. The van der Waals surface area contributed by atoms with Gasteiger partial charge in [-0.25, -0.2) is 0 Å². The SMILES string of the molecule is N#Cc1ccc(C(N)Cl)cc1. The molecule has 0 amide bonds. The number of benzene rings is 1. The van der Waals surface area contributed by atoms with Crippen LogP contribution < -0.4 is 5.73 Å². The fourth-order valence-corrected chi connectivity index (χ4v) is 0.887. The van der Waals surface area contributed by atoms with Gasteiger partial charge in [0, 0.05) is 0 Å². The fraction of sp³-hybridized carbons (Fsp3) is 0.125. The van der Waals surface area contributed by atoms with Crippen molar-refractivity contribution in [2.75, 3.05) is 0 Å². The number of alkyl halides is 1. The van der Waals surface area contributed by atoms with Gasteiger partial charge in [0.05, 0.1) is 11.6 Å². The van der Waals surface area contributed by atoms with Crippen molar-refractivity contribution in [2.24, 2.45) is 5.73 Å². The minimum absolute atomic E-state index is 0.484. The second-order valence-electron chi connectivity index (χ2n) is 2.14. The van der Waals surface area contributed by atoms with Crippen molar-refractivity contribution in [3.8, 4) is 6.07 Å². The van der Waals surface area contributed by atoms with E-state index in [4.69, 9.17) is 22.6 Å². The van der Waals surface area contributed by atoms with Gasteiger partial charge >= 0.3 is 0 Å². The maximum absolute atomic E-state index is 8.45. The largest absolute Gasteiger partial charge is 0.312 e. The molecule has 1 unspecified atom stereocenters. The van der Waals surface area contributed by atoms with E-state index < -0.39 is 5.50 Å². The standard InChI is InChI=1S/C8H7ClN2/c9-8(11)7-3-1-6(5-10)2-4-7/h1-4,8H,11H2. The molecule has 1 atom stereocenters. The maximum Gasteiger partial charge on any atom is 0.106 e. The zero-order chi connectivity index (χ0) is 8.27. The molecule has 0 radical (unpaired) electrons. The van der Waals surface area contributed by atoms with Gasteiger partial charge < -0.3 is 5.73 Å². The van der Waals surface area contributed by atoms with Crippen LogP contribution in [-0.4, -0.2) is 0 Å². The van der Waals surface area contributed by atoms with Crippen molar-refractivity contribution in [3.63, 3.8) is 0 Å². The number of nitriles is 1. The summed E-state index contributed by atoms with van der Waals surface area (Å²) < 4.78 is 0. The van der Waals surface area contributed by atoms with Gasteiger partial charge in [0.1, 0.15) is 5.50 Å². The lowest BCUT2D eigenvalue weighted by molar-refractivity contribution is 1.02. The molecular weight excluding hydrogens is 160 g/mol. The maximum atomic E-state index is 8.45. The van der Waals surface area contributed by atoms with Gasteiger partial charge in [-0.05, 0) is 17.7 Å². The average molecular weight is 167 g/mol. The molecule has 56 valence electrons. The third kappa shape index (κ3) is 1.94. The van der Waals surface area contributed by atoms with Gasteiger partial charge in [0.15, 0.2) is 0 Å². The van der Waals surface area contributed by atoms with E-state index in [0.717, 1.165) is 5.56 Å². The molecule has 0 aromatic heterocycles. The lowest BCUT2D eigenvalue weighted by atomic mass is 10.1. The second-order valence-corrected chi connectivity index (χ2v) is 2.61. The first-order chi connectivity index (χ1) is 5.24. The van der Waals surface area contributed by atoms with E-state index in [-0.39, 0.29) is 0 Å². The Morgan fingerprint density at radius 3 is 2.27 bits per heavy atom. The summed E-state index contributed by atoms with van der Waals surface area (Å²) in [7, 11) is 0. The van der Waals surface area contributed by atoms with Crippen molar-refractivity contribution >= 4 is 11.6 Å². The zero-order valence-electron chi connectivity index (χ0n) is 5.79. The van der Waals surface area contributed by atoms with E-state index in [1.807, 2.05) is 6.07 Å².